The number of hydrogen-bond acceptors (Lipinski definition) is 2. The molecule has 0 amide bonds. The molecule has 0 spiro atoms. The van der Waals surface area contributed by atoms with Crippen molar-refractivity contribution in [3.63, 3.8) is 0 Å². The lowest BCUT2D eigenvalue weighted by Crippen LogP contribution is -2.23. The normalized spacial score (nSPS) is 20.2. The van der Waals surface area contributed by atoms with E-state index in [0.717, 1.165) is 48.6 Å². The molecular formula is C26H27ClFNO. The number of pyridine rings is 1. The molecule has 1 atom stereocenters. The Morgan fingerprint density at radius 2 is 1.83 bits per heavy atom. The van der Waals surface area contributed by atoms with Crippen molar-refractivity contribution in [2.75, 3.05) is 0 Å². The van der Waals surface area contributed by atoms with Crippen LogP contribution in [-0.4, -0.2) is 10.8 Å². The summed E-state index contributed by atoms with van der Waals surface area (Å²) in [4.78, 5) is 17.1. The van der Waals surface area contributed by atoms with Crippen LogP contribution in [0.5, 0.6) is 0 Å². The van der Waals surface area contributed by atoms with Gasteiger partial charge in [-0.25, -0.2) is 4.39 Å². The SMILES string of the molecule is CC[C@H](CC(=O)c1ccc(Cl)cc1)C1CCC(c2ccnc3ccc(F)cc23)CC1. The summed E-state index contributed by atoms with van der Waals surface area (Å²) in [6.45, 7) is 2.19. The molecule has 1 aromatic heterocycles. The molecule has 0 N–H and O–H groups in total. The molecule has 3 aromatic rings. The van der Waals surface area contributed by atoms with Crippen molar-refractivity contribution in [1.82, 2.24) is 4.98 Å². The summed E-state index contributed by atoms with van der Waals surface area (Å²) in [6.07, 6.45) is 7.81. The molecule has 2 nitrogen and oxygen atoms in total. The van der Waals surface area contributed by atoms with Crippen molar-refractivity contribution >= 4 is 28.3 Å². The van der Waals surface area contributed by atoms with E-state index in [4.69, 9.17) is 11.6 Å². The van der Waals surface area contributed by atoms with Crippen molar-refractivity contribution in [1.29, 1.82) is 0 Å². The van der Waals surface area contributed by atoms with E-state index in [1.54, 1.807) is 24.3 Å². The van der Waals surface area contributed by atoms with Gasteiger partial charge < -0.3 is 0 Å². The Morgan fingerprint density at radius 3 is 2.53 bits per heavy atom. The number of aromatic nitrogens is 1. The van der Waals surface area contributed by atoms with Gasteiger partial charge in [-0.3, -0.25) is 9.78 Å². The number of benzene rings is 2. The third kappa shape index (κ3) is 4.57. The summed E-state index contributed by atoms with van der Waals surface area (Å²) in [7, 11) is 0. The van der Waals surface area contributed by atoms with Crippen LogP contribution in [0, 0.1) is 17.7 Å². The molecule has 0 unspecified atom stereocenters. The van der Waals surface area contributed by atoms with Crippen molar-refractivity contribution in [2.45, 2.75) is 51.4 Å². The van der Waals surface area contributed by atoms with Crippen LogP contribution in [-0.2, 0) is 0 Å². The van der Waals surface area contributed by atoms with Crippen molar-refractivity contribution in [3.05, 3.63) is 76.7 Å². The fourth-order valence-electron chi connectivity index (χ4n) is 5.03. The second-order valence-electron chi connectivity index (χ2n) is 8.48. The molecular weight excluding hydrogens is 397 g/mol. The fourth-order valence-corrected chi connectivity index (χ4v) is 5.16. The Kier molecular flexibility index (Phi) is 6.48. The number of carbonyl (C=O) groups is 1. The molecule has 1 heterocycles. The van der Waals surface area contributed by atoms with Gasteiger partial charge in [0.15, 0.2) is 5.78 Å². The lowest BCUT2D eigenvalue weighted by Gasteiger charge is -2.34. The summed E-state index contributed by atoms with van der Waals surface area (Å²) in [6, 6.07) is 14.1. The molecule has 0 saturated heterocycles. The van der Waals surface area contributed by atoms with Gasteiger partial charge in [-0.05, 0) is 97.5 Å². The van der Waals surface area contributed by atoms with Crippen LogP contribution in [0.25, 0.3) is 10.9 Å². The lowest BCUT2D eigenvalue weighted by molar-refractivity contribution is 0.0926. The minimum Gasteiger partial charge on any atom is -0.294 e. The first-order chi connectivity index (χ1) is 14.5. The molecule has 1 fully saturated rings. The molecule has 30 heavy (non-hydrogen) atoms. The van der Waals surface area contributed by atoms with Gasteiger partial charge in [-0.1, -0.05) is 24.9 Å². The average Bonchev–Trinajstić information content (AvgIpc) is 2.77. The summed E-state index contributed by atoms with van der Waals surface area (Å²) in [5.41, 5.74) is 2.82. The van der Waals surface area contributed by atoms with Crippen LogP contribution in [0.1, 0.15) is 67.3 Å². The van der Waals surface area contributed by atoms with Crippen LogP contribution < -0.4 is 0 Å². The first-order valence-electron chi connectivity index (χ1n) is 10.9. The zero-order valence-corrected chi connectivity index (χ0v) is 18.0. The smallest absolute Gasteiger partial charge is 0.163 e. The average molecular weight is 424 g/mol. The van der Waals surface area contributed by atoms with Crippen LogP contribution >= 0.6 is 11.6 Å². The van der Waals surface area contributed by atoms with Gasteiger partial charge in [-0.15, -0.1) is 0 Å². The van der Waals surface area contributed by atoms with E-state index >= 15 is 0 Å². The van der Waals surface area contributed by atoms with Gasteiger partial charge in [0.2, 0.25) is 0 Å². The topological polar surface area (TPSA) is 30.0 Å². The Bertz CT molecular complexity index is 1020. The zero-order chi connectivity index (χ0) is 21.1. The fraction of sp³-hybridized carbons (Fsp3) is 0.385. The summed E-state index contributed by atoms with van der Waals surface area (Å²) in [5, 5.41) is 1.59. The monoisotopic (exact) mass is 423 g/mol. The maximum absolute atomic E-state index is 13.8. The first-order valence-corrected chi connectivity index (χ1v) is 11.3. The summed E-state index contributed by atoms with van der Waals surface area (Å²) < 4.78 is 13.8. The van der Waals surface area contributed by atoms with Gasteiger partial charge in [-0.2, -0.15) is 0 Å². The predicted molar refractivity (Wildman–Crippen MR) is 121 cm³/mol. The standard InChI is InChI=1S/C26H27ClFNO/c1-2-17(15-26(30)20-7-9-21(27)10-8-20)18-3-5-19(6-4-18)23-13-14-29-25-12-11-22(28)16-24(23)25/h7-14,16-19H,2-6,15H2,1H3/t17-,18?,19?/m1/s1. The molecule has 1 saturated carbocycles. The number of carbonyl (C=O) groups excluding carboxylic acids is 1. The van der Waals surface area contributed by atoms with Crippen molar-refractivity contribution < 1.29 is 9.18 Å². The molecule has 0 bridgehead atoms. The highest BCUT2D eigenvalue weighted by molar-refractivity contribution is 6.30. The second-order valence-corrected chi connectivity index (χ2v) is 8.91. The number of rotatable bonds is 6. The minimum atomic E-state index is -0.211. The van der Waals surface area contributed by atoms with Crippen LogP contribution in [0.3, 0.4) is 0 Å². The van der Waals surface area contributed by atoms with Crippen LogP contribution in [0.2, 0.25) is 5.02 Å². The highest BCUT2D eigenvalue weighted by atomic mass is 35.5. The van der Waals surface area contributed by atoms with Crippen LogP contribution in [0.4, 0.5) is 4.39 Å². The van der Waals surface area contributed by atoms with Crippen molar-refractivity contribution in [2.24, 2.45) is 11.8 Å². The number of ketones is 1. The van der Waals surface area contributed by atoms with Gasteiger partial charge in [0.05, 0.1) is 5.52 Å². The van der Waals surface area contributed by atoms with E-state index < -0.39 is 0 Å². The summed E-state index contributed by atoms with van der Waals surface area (Å²) in [5.74, 6) is 1.39. The molecule has 1 aliphatic rings. The highest BCUT2D eigenvalue weighted by Gasteiger charge is 2.29. The minimum absolute atomic E-state index is 0.205. The van der Waals surface area contributed by atoms with Gasteiger partial charge >= 0.3 is 0 Å². The predicted octanol–water partition coefficient (Wildman–Crippen LogP) is 7.60. The van der Waals surface area contributed by atoms with E-state index in [1.165, 1.54) is 11.6 Å². The molecule has 0 aliphatic heterocycles. The largest absolute Gasteiger partial charge is 0.294 e. The van der Waals surface area contributed by atoms with E-state index in [0.29, 0.717) is 29.2 Å². The van der Waals surface area contributed by atoms with E-state index in [2.05, 4.69) is 11.9 Å². The maximum Gasteiger partial charge on any atom is 0.163 e. The Morgan fingerprint density at radius 1 is 1.10 bits per heavy atom. The van der Waals surface area contributed by atoms with Gasteiger partial charge in [0.1, 0.15) is 5.82 Å². The van der Waals surface area contributed by atoms with Crippen molar-refractivity contribution in [3.8, 4) is 0 Å². The highest BCUT2D eigenvalue weighted by Crippen LogP contribution is 2.42. The number of nitrogens with zero attached hydrogens (tertiary/aromatic N) is 1. The molecule has 4 heteroatoms. The number of Topliss-reactive ketones (excluding diaryl/α,β-unsaturated/α-hetero) is 1. The van der Waals surface area contributed by atoms with E-state index in [9.17, 15) is 9.18 Å². The first kappa shape index (κ1) is 21.0. The Labute approximate surface area is 182 Å². The third-order valence-electron chi connectivity index (χ3n) is 6.75. The zero-order valence-electron chi connectivity index (χ0n) is 17.3. The van der Waals surface area contributed by atoms with E-state index in [-0.39, 0.29) is 11.6 Å². The number of halogens is 2. The van der Waals surface area contributed by atoms with E-state index in [1.807, 2.05) is 24.4 Å². The molecule has 1 aliphatic carbocycles. The van der Waals surface area contributed by atoms with Gasteiger partial charge in [0, 0.05) is 28.6 Å². The van der Waals surface area contributed by atoms with Crippen LogP contribution in [0.15, 0.2) is 54.7 Å². The quantitative estimate of drug-likeness (QED) is 0.382. The Hall–Kier alpha value is -2.26. The number of fused-ring (bicyclic) bond motifs is 1. The van der Waals surface area contributed by atoms with Gasteiger partial charge in [0.25, 0.3) is 0 Å². The number of hydrogen-bond donors (Lipinski definition) is 0. The second kappa shape index (κ2) is 9.26. The molecule has 0 radical (unpaired) electrons. The molecule has 4 rings (SSSR count). The molecule has 156 valence electrons. The third-order valence-corrected chi connectivity index (χ3v) is 7.01. The Balaban J connectivity index is 1.43. The maximum atomic E-state index is 13.8. The summed E-state index contributed by atoms with van der Waals surface area (Å²) >= 11 is 5.94. The lowest BCUT2D eigenvalue weighted by atomic mass is 9.71. The molecule has 2 aromatic carbocycles.